The van der Waals surface area contributed by atoms with Gasteiger partial charge >= 0.3 is 0 Å². The molecule has 82 valence electrons. The minimum atomic E-state index is 0.989. The van der Waals surface area contributed by atoms with Gasteiger partial charge in [0.05, 0.1) is 0 Å². The van der Waals surface area contributed by atoms with Gasteiger partial charge in [0, 0.05) is 3.92 Å². The van der Waals surface area contributed by atoms with E-state index in [-0.39, 0.29) is 0 Å². The first-order valence-electron chi connectivity index (χ1n) is 6.38. The molecule has 2 saturated carbocycles. The van der Waals surface area contributed by atoms with Gasteiger partial charge in [0.2, 0.25) is 0 Å². The van der Waals surface area contributed by atoms with Crippen molar-refractivity contribution in [2.45, 2.75) is 56.3 Å². The molecule has 0 heterocycles. The quantitative estimate of drug-likeness (QED) is 0.514. The standard InChI is InChI=1S/C13H23I/c1-3-10-8-9(2)13(10)11-6-4-5-7-12(11)14/h9-13H,3-8H2,1-2H3. The SMILES string of the molecule is CCC1CC(C)C1C1CCCCC1I. The van der Waals surface area contributed by atoms with Crippen molar-refractivity contribution in [1.29, 1.82) is 0 Å². The predicted octanol–water partition coefficient (Wildman–Crippen LogP) is 4.66. The third kappa shape index (κ3) is 1.98. The predicted molar refractivity (Wildman–Crippen MR) is 70.8 cm³/mol. The molecule has 0 aliphatic heterocycles. The number of halogens is 1. The summed E-state index contributed by atoms with van der Waals surface area (Å²) < 4.78 is 0.989. The second-order valence-electron chi connectivity index (χ2n) is 5.42. The molecule has 0 amide bonds. The molecule has 0 saturated heterocycles. The van der Waals surface area contributed by atoms with Gasteiger partial charge in [0.1, 0.15) is 0 Å². The van der Waals surface area contributed by atoms with E-state index in [2.05, 4.69) is 36.4 Å². The molecule has 0 aromatic rings. The Labute approximate surface area is 102 Å². The third-order valence-electron chi connectivity index (χ3n) is 4.63. The van der Waals surface area contributed by atoms with Crippen molar-refractivity contribution in [1.82, 2.24) is 0 Å². The van der Waals surface area contributed by atoms with Gasteiger partial charge in [-0.25, -0.2) is 0 Å². The number of alkyl halides is 1. The zero-order valence-corrected chi connectivity index (χ0v) is 11.7. The highest BCUT2D eigenvalue weighted by atomic mass is 127. The molecule has 1 heteroatoms. The van der Waals surface area contributed by atoms with E-state index >= 15 is 0 Å². The van der Waals surface area contributed by atoms with Crippen molar-refractivity contribution in [3.63, 3.8) is 0 Å². The summed E-state index contributed by atoms with van der Waals surface area (Å²) in [7, 11) is 0. The summed E-state index contributed by atoms with van der Waals surface area (Å²) in [6.07, 6.45) is 8.95. The molecule has 2 aliphatic rings. The first kappa shape index (κ1) is 11.2. The number of hydrogen-bond donors (Lipinski definition) is 0. The Morgan fingerprint density at radius 1 is 1.21 bits per heavy atom. The molecule has 0 aromatic carbocycles. The van der Waals surface area contributed by atoms with Crippen LogP contribution in [0.2, 0.25) is 0 Å². The molecule has 0 radical (unpaired) electrons. The zero-order valence-electron chi connectivity index (χ0n) is 9.51. The van der Waals surface area contributed by atoms with Gasteiger partial charge in [-0.2, -0.15) is 0 Å². The maximum atomic E-state index is 2.73. The van der Waals surface area contributed by atoms with E-state index in [0.717, 1.165) is 27.6 Å². The second-order valence-corrected chi connectivity index (χ2v) is 7.02. The zero-order chi connectivity index (χ0) is 10.1. The first-order valence-corrected chi connectivity index (χ1v) is 7.62. The van der Waals surface area contributed by atoms with Crippen molar-refractivity contribution in [2.24, 2.45) is 23.7 Å². The summed E-state index contributed by atoms with van der Waals surface area (Å²) in [4.78, 5) is 0. The van der Waals surface area contributed by atoms with E-state index in [1.54, 1.807) is 0 Å². The molecule has 0 N–H and O–H groups in total. The van der Waals surface area contributed by atoms with Crippen molar-refractivity contribution in [3.8, 4) is 0 Å². The Morgan fingerprint density at radius 3 is 2.50 bits per heavy atom. The van der Waals surface area contributed by atoms with Crippen LogP contribution < -0.4 is 0 Å². The van der Waals surface area contributed by atoms with E-state index < -0.39 is 0 Å². The van der Waals surface area contributed by atoms with E-state index in [9.17, 15) is 0 Å². The lowest BCUT2D eigenvalue weighted by Gasteiger charge is -2.50. The van der Waals surface area contributed by atoms with Gasteiger partial charge in [-0.3, -0.25) is 0 Å². The molecule has 0 nitrogen and oxygen atoms in total. The molecule has 2 aliphatic carbocycles. The Kier molecular flexibility index (Phi) is 3.78. The van der Waals surface area contributed by atoms with Crippen LogP contribution in [-0.2, 0) is 0 Å². The van der Waals surface area contributed by atoms with Gasteiger partial charge in [-0.05, 0) is 42.9 Å². The Bertz CT molecular complexity index is 186. The average molecular weight is 306 g/mol. The molecule has 0 bridgehead atoms. The molecule has 2 fully saturated rings. The lowest BCUT2D eigenvalue weighted by Crippen LogP contribution is -2.43. The van der Waals surface area contributed by atoms with Gasteiger partial charge in [0.25, 0.3) is 0 Å². The molecule has 0 aromatic heterocycles. The molecule has 14 heavy (non-hydrogen) atoms. The van der Waals surface area contributed by atoms with Crippen molar-refractivity contribution >= 4 is 22.6 Å². The second kappa shape index (κ2) is 4.71. The molecule has 5 unspecified atom stereocenters. The van der Waals surface area contributed by atoms with Crippen LogP contribution in [0.3, 0.4) is 0 Å². The normalized spacial score (nSPS) is 48.6. The lowest BCUT2D eigenvalue weighted by atomic mass is 9.57. The Hall–Kier alpha value is 0.730. The van der Waals surface area contributed by atoms with E-state index in [1.165, 1.54) is 38.5 Å². The van der Waals surface area contributed by atoms with Gasteiger partial charge in [-0.1, -0.05) is 55.7 Å². The summed E-state index contributed by atoms with van der Waals surface area (Å²) in [5.74, 6) is 4.26. The summed E-state index contributed by atoms with van der Waals surface area (Å²) in [6, 6.07) is 0. The topological polar surface area (TPSA) is 0 Å². The summed E-state index contributed by atoms with van der Waals surface area (Å²) >= 11 is 2.73. The monoisotopic (exact) mass is 306 g/mol. The fourth-order valence-electron chi connectivity index (χ4n) is 3.82. The van der Waals surface area contributed by atoms with Crippen molar-refractivity contribution in [3.05, 3.63) is 0 Å². The first-order chi connectivity index (χ1) is 6.74. The molecule has 2 rings (SSSR count). The van der Waals surface area contributed by atoms with Gasteiger partial charge in [-0.15, -0.1) is 0 Å². The summed E-state index contributed by atoms with van der Waals surface area (Å²) in [6.45, 7) is 4.86. The van der Waals surface area contributed by atoms with Crippen LogP contribution in [0.1, 0.15) is 52.4 Å². The average Bonchev–Trinajstić information content (AvgIpc) is 2.17. The maximum absolute atomic E-state index is 2.73. The van der Waals surface area contributed by atoms with Crippen molar-refractivity contribution in [2.75, 3.05) is 0 Å². The summed E-state index contributed by atoms with van der Waals surface area (Å²) in [5, 5.41) is 0. The van der Waals surface area contributed by atoms with Crippen LogP contribution in [0.5, 0.6) is 0 Å². The lowest BCUT2D eigenvalue weighted by molar-refractivity contribution is 0.0164. The highest BCUT2D eigenvalue weighted by molar-refractivity contribution is 14.1. The minimum absolute atomic E-state index is 0.989. The van der Waals surface area contributed by atoms with Crippen LogP contribution in [0, 0.1) is 23.7 Å². The number of hydrogen-bond acceptors (Lipinski definition) is 0. The smallest absolute Gasteiger partial charge is 0.0141 e. The Balaban J connectivity index is 1.97. The van der Waals surface area contributed by atoms with Crippen LogP contribution in [0.4, 0.5) is 0 Å². The molecule has 0 spiro atoms. The summed E-state index contributed by atoms with van der Waals surface area (Å²) in [5.41, 5.74) is 0. The third-order valence-corrected chi connectivity index (χ3v) is 6.17. The van der Waals surface area contributed by atoms with Crippen LogP contribution in [-0.4, -0.2) is 3.92 Å². The molecular formula is C13H23I. The minimum Gasteiger partial charge on any atom is -0.0823 e. The fraction of sp³-hybridized carbons (Fsp3) is 1.00. The van der Waals surface area contributed by atoms with E-state index in [0.29, 0.717) is 0 Å². The molecular weight excluding hydrogens is 283 g/mol. The molecule has 5 atom stereocenters. The van der Waals surface area contributed by atoms with E-state index in [1.807, 2.05) is 0 Å². The van der Waals surface area contributed by atoms with Gasteiger partial charge in [0.15, 0.2) is 0 Å². The maximum Gasteiger partial charge on any atom is 0.0141 e. The largest absolute Gasteiger partial charge is 0.0823 e. The van der Waals surface area contributed by atoms with Crippen molar-refractivity contribution < 1.29 is 0 Å². The van der Waals surface area contributed by atoms with Crippen LogP contribution >= 0.6 is 22.6 Å². The van der Waals surface area contributed by atoms with Gasteiger partial charge < -0.3 is 0 Å². The highest BCUT2D eigenvalue weighted by Crippen LogP contribution is 2.51. The van der Waals surface area contributed by atoms with Crippen LogP contribution in [0.15, 0.2) is 0 Å². The van der Waals surface area contributed by atoms with Crippen LogP contribution in [0.25, 0.3) is 0 Å². The Morgan fingerprint density at radius 2 is 1.93 bits per heavy atom. The highest BCUT2D eigenvalue weighted by Gasteiger charge is 2.44. The number of rotatable bonds is 2. The fourth-order valence-corrected chi connectivity index (χ4v) is 5.10. The van der Waals surface area contributed by atoms with E-state index in [4.69, 9.17) is 0 Å².